The average molecular weight is 277 g/mol. The molecule has 0 aliphatic rings. The molecule has 6 heteroatoms. The number of sulfonamides is 1. The van der Waals surface area contributed by atoms with Gasteiger partial charge in [-0.15, -0.1) is 0 Å². The predicted octanol–water partition coefficient (Wildman–Crippen LogP) is 1.48. The van der Waals surface area contributed by atoms with E-state index < -0.39 is 10.0 Å². The molecule has 1 heterocycles. The topological polar surface area (TPSA) is 76.3 Å². The van der Waals surface area contributed by atoms with Crippen LogP contribution in [0.5, 0.6) is 0 Å². The molecule has 0 radical (unpaired) electrons. The molecule has 0 bridgehead atoms. The van der Waals surface area contributed by atoms with Crippen LogP contribution < -0.4 is 5.73 Å². The molecule has 19 heavy (non-hydrogen) atoms. The molecular formula is C13H15N3O2S. The second-order valence-corrected chi connectivity index (χ2v) is 6.24. The third-order valence-electron chi connectivity index (χ3n) is 2.72. The molecule has 0 amide bonds. The van der Waals surface area contributed by atoms with Crippen molar-refractivity contribution < 1.29 is 8.42 Å². The minimum atomic E-state index is -3.50. The molecule has 0 aliphatic carbocycles. The zero-order chi connectivity index (χ0) is 13.9. The molecule has 2 aromatic rings. The first-order chi connectivity index (χ1) is 9.00. The average Bonchev–Trinajstić information content (AvgIpc) is 2.40. The van der Waals surface area contributed by atoms with E-state index in [1.165, 1.54) is 16.4 Å². The fraction of sp³-hybridized carbons (Fsp3) is 0.154. The quantitative estimate of drug-likeness (QED) is 0.859. The molecule has 1 aromatic carbocycles. The third-order valence-corrected chi connectivity index (χ3v) is 4.53. The van der Waals surface area contributed by atoms with Gasteiger partial charge in [0.15, 0.2) is 0 Å². The zero-order valence-corrected chi connectivity index (χ0v) is 11.3. The molecule has 0 aliphatic heterocycles. The summed E-state index contributed by atoms with van der Waals surface area (Å²) in [4.78, 5) is 4.20. The van der Waals surface area contributed by atoms with E-state index in [0.29, 0.717) is 5.69 Å². The SMILES string of the molecule is CN(Cc1cccnc1)S(=O)(=O)c1ccc(N)cc1. The summed E-state index contributed by atoms with van der Waals surface area (Å²) in [6.07, 6.45) is 3.30. The Labute approximate surface area is 112 Å². The highest BCUT2D eigenvalue weighted by Gasteiger charge is 2.20. The Hall–Kier alpha value is -1.92. The number of rotatable bonds is 4. The molecule has 5 nitrogen and oxygen atoms in total. The Morgan fingerprint density at radius 3 is 2.47 bits per heavy atom. The van der Waals surface area contributed by atoms with Gasteiger partial charge in [-0.2, -0.15) is 4.31 Å². The number of benzene rings is 1. The van der Waals surface area contributed by atoms with Crippen molar-refractivity contribution in [2.75, 3.05) is 12.8 Å². The summed E-state index contributed by atoms with van der Waals surface area (Å²) < 4.78 is 25.9. The standard InChI is InChI=1S/C13H15N3O2S/c1-16(10-11-3-2-8-15-9-11)19(17,18)13-6-4-12(14)5-7-13/h2-9H,10,14H2,1H3. The first-order valence-electron chi connectivity index (χ1n) is 5.71. The Bertz CT molecular complexity index is 639. The summed E-state index contributed by atoms with van der Waals surface area (Å²) in [5.41, 5.74) is 6.93. The molecule has 0 fully saturated rings. The Kier molecular flexibility index (Phi) is 3.82. The van der Waals surface area contributed by atoms with Gasteiger partial charge in [-0.05, 0) is 35.9 Å². The highest BCUT2D eigenvalue weighted by Crippen LogP contribution is 2.17. The molecule has 100 valence electrons. The van der Waals surface area contributed by atoms with Crippen molar-refractivity contribution in [2.45, 2.75) is 11.4 Å². The van der Waals surface area contributed by atoms with Crippen molar-refractivity contribution in [1.29, 1.82) is 0 Å². The van der Waals surface area contributed by atoms with Crippen molar-refractivity contribution in [1.82, 2.24) is 9.29 Å². The fourth-order valence-corrected chi connectivity index (χ4v) is 2.81. The van der Waals surface area contributed by atoms with Gasteiger partial charge in [0.05, 0.1) is 4.90 Å². The van der Waals surface area contributed by atoms with Gasteiger partial charge in [-0.3, -0.25) is 4.98 Å². The van der Waals surface area contributed by atoms with Crippen LogP contribution in [0.25, 0.3) is 0 Å². The summed E-state index contributed by atoms with van der Waals surface area (Å²) in [5.74, 6) is 0. The lowest BCUT2D eigenvalue weighted by Gasteiger charge is -2.17. The number of anilines is 1. The van der Waals surface area contributed by atoms with Crippen LogP contribution in [-0.4, -0.2) is 24.8 Å². The smallest absolute Gasteiger partial charge is 0.243 e. The number of aromatic nitrogens is 1. The van der Waals surface area contributed by atoms with Crippen LogP contribution in [0.15, 0.2) is 53.7 Å². The van der Waals surface area contributed by atoms with Crippen molar-refractivity contribution >= 4 is 15.7 Å². The van der Waals surface area contributed by atoms with E-state index in [1.807, 2.05) is 6.07 Å². The van der Waals surface area contributed by atoms with E-state index in [2.05, 4.69) is 4.98 Å². The lowest BCUT2D eigenvalue weighted by molar-refractivity contribution is 0.466. The maximum atomic E-state index is 12.3. The third kappa shape index (κ3) is 3.10. The molecule has 2 N–H and O–H groups in total. The van der Waals surface area contributed by atoms with E-state index in [1.54, 1.807) is 37.6 Å². The van der Waals surface area contributed by atoms with E-state index in [0.717, 1.165) is 5.56 Å². The number of hydrogen-bond acceptors (Lipinski definition) is 4. The first-order valence-corrected chi connectivity index (χ1v) is 7.15. The molecule has 2 rings (SSSR count). The summed E-state index contributed by atoms with van der Waals surface area (Å²) in [5, 5.41) is 0. The van der Waals surface area contributed by atoms with Crippen LogP contribution in [0.3, 0.4) is 0 Å². The van der Waals surface area contributed by atoms with Crippen molar-refractivity contribution in [2.24, 2.45) is 0 Å². The summed E-state index contributed by atoms with van der Waals surface area (Å²) >= 11 is 0. The number of nitrogen functional groups attached to an aromatic ring is 1. The number of nitrogens with two attached hydrogens (primary N) is 1. The molecular weight excluding hydrogens is 262 g/mol. The van der Waals surface area contributed by atoms with Crippen LogP contribution in [0.4, 0.5) is 5.69 Å². The monoisotopic (exact) mass is 277 g/mol. The molecule has 0 spiro atoms. The highest BCUT2D eigenvalue weighted by atomic mass is 32.2. The van der Waals surface area contributed by atoms with Crippen LogP contribution in [0.1, 0.15) is 5.56 Å². The maximum absolute atomic E-state index is 12.3. The minimum Gasteiger partial charge on any atom is -0.399 e. The number of pyridine rings is 1. The van der Waals surface area contributed by atoms with Gasteiger partial charge in [-0.25, -0.2) is 8.42 Å². The van der Waals surface area contributed by atoms with Crippen molar-refractivity contribution in [3.63, 3.8) is 0 Å². The zero-order valence-electron chi connectivity index (χ0n) is 10.5. The van der Waals surface area contributed by atoms with Gasteiger partial charge < -0.3 is 5.73 Å². The molecule has 1 aromatic heterocycles. The molecule has 0 saturated heterocycles. The van der Waals surface area contributed by atoms with Crippen LogP contribution in [0, 0.1) is 0 Å². The largest absolute Gasteiger partial charge is 0.399 e. The van der Waals surface area contributed by atoms with E-state index in [-0.39, 0.29) is 11.4 Å². The van der Waals surface area contributed by atoms with Gasteiger partial charge >= 0.3 is 0 Å². The van der Waals surface area contributed by atoms with Gasteiger partial charge in [0.25, 0.3) is 0 Å². The second kappa shape index (κ2) is 5.38. The van der Waals surface area contributed by atoms with Gasteiger partial charge in [0.1, 0.15) is 0 Å². The van der Waals surface area contributed by atoms with Crippen molar-refractivity contribution in [3.8, 4) is 0 Å². The lowest BCUT2D eigenvalue weighted by atomic mass is 10.3. The molecule has 0 saturated carbocycles. The second-order valence-electron chi connectivity index (χ2n) is 4.19. The Morgan fingerprint density at radius 2 is 1.89 bits per heavy atom. The number of nitrogens with zero attached hydrogens (tertiary/aromatic N) is 2. The lowest BCUT2D eigenvalue weighted by Crippen LogP contribution is -2.26. The Morgan fingerprint density at radius 1 is 1.21 bits per heavy atom. The molecule has 0 atom stereocenters. The van der Waals surface area contributed by atoms with Gasteiger partial charge in [-0.1, -0.05) is 6.07 Å². The van der Waals surface area contributed by atoms with E-state index in [4.69, 9.17) is 5.73 Å². The number of hydrogen-bond donors (Lipinski definition) is 1. The normalized spacial score (nSPS) is 11.7. The highest BCUT2D eigenvalue weighted by molar-refractivity contribution is 7.89. The fourth-order valence-electron chi connectivity index (χ4n) is 1.65. The first kappa shape index (κ1) is 13.5. The summed E-state index contributed by atoms with van der Waals surface area (Å²) in [6.45, 7) is 0.278. The summed E-state index contributed by atoms with van der Waals surface area (Å²) in [6, 6.07) is 9.77. The van der Waals surface area contributed by atoms with Crippen LogP contribution >= 0.6 is 0 Å². The van der Waals surface area contributed by atoms with Crippen LogP contribution in [0.2, 0.25) is 0 Å². The minimum absolute atomic E-state index is 0.230. The van der Waals surface area contributed by atoms with Gasteiger partial charge in [0.2, 0.25) is 10.0 Å². The van der Waals surface area contributed by atoms with E-state index in [9.17, 15) is 8.42 Å². The predicted molar refractivity (Wildman–Crippen MR) is 73.7 cm³/mol. The van der Waals surface area contributed by atoms with Gasteiger partial charge in [0, 0.05) is 31.7 Å². The van der Waals surface area contributed by atoms with Crippen LogP contribution in [-0.2, 0) is 16.6 Å². The maximum Gasteiger partial charge on any atom is 0.243 e. The van der Waals surface area contributed by atoms with Crippen molar-refractivity contribution in [3.05, 3.63) is 54.4 Å². The van der Waals surface area contributed by atoms with E-state index >= 15 is 0 Å². The molecule has 0 unspecified atom stereocenters. The Balaban J connectivity index is 2.22. The summed E-state index contributed by atoms with van der Waals surface area (Å²) in [7, 11) is -1.96.